The molecule has 1 aliphatic rings. The topological polar surface area (TPSA) is 120 Å². The van der Waals surface area contributed by atoms with E-state index in [9.17, 15) is 10.2 Å². The van der Waals surface area contributed by atoms with Crippen molar-refractivity contribution in [2.24, 2.45) is 0 Å². The zero-order chi connectivity index (χ0) is 18.3. The van der Waals surface area contributed by atoms with E-state index < -0.39 is 18.2 Å². The van der Waals surface area contributed by atoms with Crippen molar-refractivity contribution < 1.29 is 10.2 Å². The lowest BCUT2D eigenvalue weighted by Crippen LogP contribution is -2.35. The number of hydrogen-bond acceptors (Lipinski definition) is 7. The van der Waals surface area contributed by atoms with Crippen molar-refractivity contribution in [3.8, 4) is 0 Å². The van der Waals surface area contributed by atoms with Gasteiger partial charge in [-0.25, -0.2) is 9.97 Å². The molecule has 1 fully saturated rings. The van der Waals surface area contributed by atoms with E-state index >= 15 is 0 Å². The minimum Gasteiger partial charge on any atom is -0.389 e. The Morgan fingerprint density at radius 1 is 1.23 bits per heavy atom. The van der Waals surface area contributed by atoms with Crippen LogP contribution in [0.2, 0.25) is 0 Å². The highest BCUT2D eigenvalue weighted by molar-refractivity contribution is 7.99. The van der Waals surface area contributed by atoms with Gasteiger partial charge in [-0.2, -0.15) is 0 Å². The first-order valence-electron chi connectivity index (χ1n) is 8.43. The lowest BCUT2D eigenvalue weighted by Gasteiger charge is -2.15. The average molecular weight is 371 g/mol. The minimum atomic E-state index is -0.923. The van der Waals surface area contributed by atoms with Crippen LogP contribution in [0.5, 0.6) is 0 Å². The molecule has 0 aliphatic carbocycles. The van der Waals surface area contributed by atoms with Gasteiger partial charge in [-0.15, -0.1) is 11.8 Å². The number of aromatic nitrogens is 3. The van der Waals surface area contributed by atoms with E-state index in [1.165, 1.54) is 11.9 Å². The number of fused-ring (bicyclic) bond motifs is 1. The molecule has 3 heterocycles. The van der Waals surface area contributed by atoms with Crippen molar-refractivity contribution in [3.63, 3.8) is 0 Å². The van der Waals surface area contributed by atoms with Gasteiger partial charge in [0.15, 0.2) is 5.82 Å². The molecular formula is C18H21N5O2S. The van der Waals surface area contributed by atoms with Crippen LogP contribution >= 0.6 is 11.8 Å². The summed E-state index contributed by atoms with van der Waals surface area (Å²) in [4.78, 5) is 12.4. The van der Waals surface area contributed by atoms with Gasteiger partial charge >= 0.3 is 0 Å². The fourth-order valence-corrected chi connectivity index (χ4v) is 4.50. The fraction of sp³-hybridized carbons (Fsp3) is 0.333. The first-order chi connectivity index (χ1) is 12.5. The Bertz CT molecular complexity index is 931. The van der Waals surface area contributed by atoms with Crippen LogP contribution in [0.15, 0.2) is 41.7 Å². The third-order valence-corrected chi connectivity index (χ3v) is 5.89. The third kappa shape index (κ3) is 3.05. The Labute approximate surface area is 155 Å². The van der Waals surface area contributed by atoms with Crippen molar-refractivity contribution in [2.45, 2.75) is 36.1 Å². The van der Waals surface area contributed by atoms with E-state index in [4.69, 9.17) is 5.73 Å². The molecule has 1 aromatic carbocycles. The quantitative estimate of drug-likeness (QED) is 0.439. The van der Waals surface area contributed by atoms with E-state index in [2.05, 4.69) is 39.3 Å². The number of thioether (sulfide) groups is 1. The molecule has 4 unspecified atom stereocenters. The molecule has 8 heteroatoms. The lowest BCUT2D eigenvalue weighted by atomic mass is 10.0. The van der Waals surface area contributed by atoms with Gasteiger partial charge in [0, 0.05) is 28.5 Å². The molecule has 2 aromatic heterocycles. The SMILES string of the molecule is Cc1cccc(SCC2NC(c3c[nH]c4c(N)ncnc34)C(O)C2O)c1. The van der Waals surface area contributed by atoms with Crippen LogP contribution in [-0.4, -0.2) is 49.2 Å². The molecule has 0 radical (unpaired) electrons. The normalized spacial score (nSPS) is 25.8. The Morgan fingerprint density at radius 3 is 2.88 bits per heavy atom. The summed E-state index contributed by atoms with van der Waals surface area (Å²) in [6.45, 7) is 2.05. The summed E-state index contributed by atoms with van der Waals surface area (Å²) in [5.74, 6) is 1.01. The van der Waals surface area contributed by atoms with Crippen molar-refractivity contribution >= 4 is 28.6 Å². The number of nitrogens with one attached hydrogen (secondary N) is 2. The summed E-state index contributed by atoms with van der Waals surface area (Å²) < 4.78 is 0. The maximum atomic E-state index is 10.6. The van der Waals surface area contributed by atoms with Gasteiger partial charge in [0.25, 0.3) is 0 Å². The zero-order valence-electron chi connectivity index (χ0n) is 14.3. The molecule has 1 aliphatic heterocycles. The second-order valence-corrected chi connectivity index (χ2v) is 7.68. The predicted molar refractivity (Wildman–Crippen MR) is 102 cm³/mol. The molecule has 0 amide bonds. The number of aryl methyl sites for hydroxylation is 1. The monoisotopic (exact) mass is 371 g/mol. The van der Waals surface area contributed by atoms with Gasteiger partial charge in [-0.1, -0.05) is 17.7 Å². The summed E-state index contributed by atoms with van der Waals surface area (Å²) in [6.07, 6.45) is 1.38. The summed E-state index contributed by atoms with van der Waals surface area (Å²) in [5, 5.41) is 24.4. The molecule has 4 rings (SSSR count). The van der Waals surface area contributed by atoms with Gasteiger partial charge in [-0.3, -0.25) is 0 Å². The summed E-state index contributed by atoms with van der Waals surface area (Å²) in [6, 6.07) is 7.58. The van der Waals surface area contributed by atoms with E-state index in [-0.39, 0.29) is 6.04 Å². The molecule has 0 spiro atoms. The highest BCUT2D eigenvalue weighted by Gasteiger charge is 2.42. The molecule has 136 valence electrons. The molecule has 0 saturated carbocycles. The van der Waals surface area contributed by atoms with Crippen LogP contribution < -0.4 is 11.1 Å². The van der Waals surface area contributed by atoms with Gasteiger partial charge in [-0.05, 0) is 19.1 Å². The number of aliphatic hydroxyl groups is 2. The molecule has 1 saturated heterocycles. The summed E-state index contributed by atoms with van der Waals surface area (Å²) in [5.41, 5.74) is 9.15. The smallest absolute Gasteiger partial charge is 0.151 e. The molecule has 4 atom stereocenters. The number of aliphatic hydroxyl groups excluding tert-OH is 2. The first kappa shape index (κ1) is 17.3. The zero-order valence-corrected chi connectivity index (χ0v) is 15.1. The van der Waals surface area contributed by atoms with Crippen LogP contribution in [-0.2, 0) is 0 Å². The average Bonchev–Trinajstić information content (AvgIpc) is 3.17. The maximum absolute atomic E-state index is 10.6. The fourth-order valence-electron chi connectivity index (χ4n) is 3.39. The number of nitrogens with two attached hydrogens (primary N) is 1. The number of nitrogen functional groups attached to an aromatic ring is 1. The van der Waals surface area contributed by atoms with E-state index in [0.29, 0.717) is 22.6 Å². The van der Waals surface area contributed by atoms with E-state index in [1.54, 1.807) is 18.0 Å². The lowest BCUT2D eigenvalue weighted by molar-refractivity contribution is 0.0308. The molecule has 7 nitrogen and oxygen atoms in total. The van der Waals surface area contributed by atoms with Crippen molar-refractivity contribution in [1.82, 2.24) is 20.3 Å². The van der Waals surface area contributed by atoms with Crippen molar-refractivity contribution in [1.29, 1.82) is 0 Å². The third-order valence-electron chi connectivity index (χ3n) is 4.77. The summed E-state index contributed by atoms with van der Waals surface area (Å²) >= 11 is 1.66. The number of benzene rings is 1. The number of H-pyrrole nitrogens is 1. The van der Waals surface area contributed by atoms with E-state index in [0.717, 1.165) is 10.5 Å². The molecular weight excluding hydrogens is 350 g/mol. The Morgan fingerprint density at radius 2 is 2.08 bits per heavy atom. The van der Waals surface area contributed by atoms with E-state index in [1.807, 2.05) is 12.1 Å². The molecule has 6 N–H and O–H groups in total. The standard InChI is InChI=1S/C18H21N5O2S/c1-9-3-2-4-10(5-9)26-7-12-16(24)17(25)14(23-12)11-6-20-15-13(11)21-8-22-18(15)19/h2-6,8,12,14,16-17,20,23-25H,7H2,1H3,(H2,19,21,22). The van der Waals surface area contributed by atoms with Crippen LogP contribution in [0, 0.1) is 6.92 Å². The van der Waals surface area contributed by atoms with Gasteiger partial charge in [0.2, 0.25) is 0 Å². The van der Waals surface area contributed by atoms with Gasteiger partial charge in [0.1, 0.15) is 17.9 Å². The Kier molecular flexibility index (Phi) is 4.58. The molecule has 0 bridgehead atoms. The minimum absolute atomic E-state index is 0.232. The number of hydrogen-bond donors (Lipinski definition) is 5. The summed E-state index contributed by atoms with van der Waals surface area (Å²) in [7, 11) is 0. The Balaban J connectivity index is 1.53. The predicted octanol–water partition coefficient (Wildman–Crippen LogP) is 1.38. The highest BCUT2D eigenvalue weighted by Crippen LogP contribution is 2.34. The number of aromatic amines is 1. The Hall–Kier alpha value is -2.13. The van der Waals surface area contributed by atoms with Crippen LogP contribution in [0.1, 0.15) is 17.2 Å². The van der Waals surface area contributed by atoms with Crippen molar-refractivity contribution in [2.75, 3.05) is 11.5 Å². The second kappa shape index (κ2) is 6.88. The molecule has 26 heavy (non-hydrogen) atoms. The van der Waals surface area contributed by atoms with Gasteiger partial charge in [0.05, 0.1) is 17.7 Å². The number of rotatable bonds is 4. The first-order valence-corrected chi connectivity index (χ1v) is 9.42. The highest BCUT2D eigenvalue weighted by atomic mass is 32.2. The number of nitrogens with zero attached hydrogens (tertiary/aromatic N) is 2. The second-order valence-electron chi connectivity index (χ2n) is 6.59. The largest absolute Gasteiger partial charge is 0.389 e. The van der Waals surface area contributed by atoms with Crippen LogP contribution in [0.25, 0.3) is 11.0 Å². The number of anilines is 1. The van der Waals surface area contributed by atoms with Gasteiger partial charge < -0.3 is 26.2 Å². The van der Waals surface area contributed by atoms with Crippen LogP contribution in [0.3, 0.4) is 0 Å². The maximum Gasteiger partial charge on any atom is 0.151 e. The van der Waals surface area contributed by atoms with Crippen LogP contribution in [0.4, 0.5) is 5.82 Å². The molecule has 3 aromatic rings. The van der Waals surface area contributed by atoms with Crippen molar-refractivity contribution in [3.05, 3.63) is 47.9 Å².